The quantitative estimate of drug-likeness (QED) is 0.876. The van der Waals surface area contributed by atoms with Gasteiger partial charge in [-0.2, -0.15) is 0 Å². The number of nitrogens with zero attached hydrogens (tertiary/aromatic N) is 1. The highest BCUT2D eigenvalue weighted by Crippen LogP contribution is 2.40. The zero-order chi connectivity index (χ0) is 13.3. The predicted molar refractivity (Wildman–Crippen MR) is 80.2 cm³/mol. The molecule has 2 nitrogen and oxygen atoms in total. The van der Waals surface area contributed by atoms with Gasteiger partial charge >= 0.3 is 0 Å². The minimum atomic E-state index is 0.102. The second kappa shape index (κ2) is 4.92. The van der Waals surface area contributed by atoms with Gasteiger partial charge in [0.1, 0.15) is 0 Å². The summed E-state index contributed by atoms with van der Waals surface area (Å²) in [5, 5.41) is 3.87. The highest BCUT2D eigenvalue weighted by molar-refractivity contribution is 5.26. The van der Waals surface area contributed by atoms with Crippen molar-refractivity contribution >= 4 is 0 Å². The van der Waals surface area contributed by atoms with Crippen molar-refractivity contribution in [1.82, 2.24) is 10.2 Å². The van der Waals surface area contributed by atoms with E-state index in [1.165, 1.54) is 37.8 Å². The minimum absolute atomic E-state index is 0.102. The van der Waals surface area contributed by atoms with Crippen LogP contribution in [0.4, 0.5) is 0 Å². The van der Waals surface area contributed by atoms with Gasteiger partial charge in [0.2, 0.25) is 0 Å². The van der Waals surface area contributed by atoms with Gasteiger partial charge in [-0.25, -0.2) is 0 Å². The van der Waals surface area contributed by atoms with Crippen molar-refractivity contribution in [1.29, 1.82) is 0 Å². The molecule has 1 aromatic rings. The van der Waals surface area contributed by atoms with Gasteiger partial charge in [-0.3, -0.25) is 4.90 Å². The topological polar surface area (TPSA) is 15.3 Å². The predicted octanol–water partition coefficient (Wildman–Crippen LogP) is 3.14. The number of likely N-dealkylation sites (N-methyl/N-ethyl adjacent to an activating group) is 1. The number of hydrogen-bond donors (Lipinski definition) is 1. The summed E-state index contributed by atoms with van der Waals surface area (Å²) in [6.07, 6.45) is 5.55. The van der Waals surface area contributed by atoms with Crippen molar-refractivity contribution in [2.75, 3.05) is 19.6 Å². The van der Waals surface area contributed by atoms with Crippen molar-refractivity contribution < 1.29 is 0 Å². The van der Waals surface area contributed by atoms with E-state index in [2.05, 4.69) is 54.4 Å². The summed E-state index contributed by atoms with van der Waals surface area (Å²) < 4.78 is 0. The van der Waals surface area contributed by atoms with E-state index >= 15 is 0 Å². The van der Waals surface area contributed by atoms with E-state index in [-0.39, 0.29) is 5.54 Å². The summed E-state index contributed by atoms with van der Waals surface area (Å²) in [7, 11) is 0. The van der Waals surface area contributed by atoms with Crippen LogP contribution < -0.4 is 5.32 Å². The Bertz CT molecular complexity index is 422. The smallest absolute Gasteiger partial charge is 0.0535 e. The number of benzene rings is 1. The molecule has 0 amide bonds. The Morgan fingerprint density at radius 1 is 1.16 bits per heavy atom. The molecule has 1 atom stereocenters. The van der Waals surface area contributed by atoms with E-state index in [9.17, 15) is 0 Å². The fourth-order valence-corrected chi connectivity index (χ4v) is 4.05. The molecule has 1 heterocycles. The van der Waals surface area contributed by atoms with Gasteiger partial charge in [-0.15, -0.1) is 0 Å². The Morgan fingerprint density at radius 3 is 2.47 bits per heavy atom. The summed E-state index contributed by atoms with van der Waals surface area (Å²) in [6.45, 7) is 8.12. The van der Waals surface area contributed by atoms with E-state index in [4.69, 9.17) is 0 Å². The average molecular weight is 258 g/mol. The van der Waals surface area contributed by atoms with Crippen LogP contribution >= 0.6 is 0 Å². The minimum Gasteiger partial charge on any atom is -0.305 e. The number of hydrogen-bond acceptors (Lipinski definition) is 2. The van der Waals surface area contributed by atoms with Crippen LogP contribution in [0.5, 0.6) is 0 Å². The zero-order valence-corrected chi connectivity index (χ0v) is 12.3. The van der Waals surface area contributed by atoms with E-state index in [1.807, 2.05) is 0 Å². The summed E-state index contributed by atoms with van der Waals surface area (Å²) in [4.78, 5) is 2.74. The van der Waals surface area contributed by atoms with Gasteiger partial charge in [0, 0.05) is 18.6 Å². The van der Waals surface area contributed by atoms with E-state index in [0.29, 0.717) is 5.54 Å². The molecule has 0 bridgehead atoms. The van der Waals surface area contributed by atoms with Crippen LogP contribution in [-0.4, -0.2) is 30.1 Å². The highest BCUT2D eigenvalue weighted by Gasteiger charge is 2.46. The molecular formula is C17H26N2. The largest absolute Gasteiger partial charge is 0.305 e. The lowest BCUT2D eigenvalue weighted by Crippen LogP contribution is -2.66. The molecule has 1 aliphatic heterocycles. The van der Waals surface area contributed by atoms with Crippen molar-refractivity contribution in [3.63, 3.8) is 0 Å². The molecular weight excluding hydrogens is 232 g/mol. The molecule has 1 aliphatic carbocycles. The number of nitrogens with one attached hydrogen (secondary N) is 1. The molecule has 2 fully saturated rings. The first-order valence-corrected chi connectivity index (χ1v) is 7.74. The van der Waals surface area contributed by atoms with Crippen LogP contribution in [-0.2, 0) is 5.54 Å². The second-order valence-electron chi connectivity index (χ2n) is 6.50. The lowest BCUT2D eigenvalue weighted by molar-refractivity contribution is 0.0161. The van der Waals surface area contributed by atoms with Gasteiger partial charge in [0.25, 0.3) is 0 Å². The molecule has 1 spiro atoms. The molecule has 2 aliphatic rings. The van der Waals surface area contributed by atoms with Crippen LogP contribution in [0.1, 0.15) is 45.1 Å². The Morgan fingerprint density at radius 2 is 1.84 bits per heavy atom. The molecule has 1 saturated heterocycles. The lowest BCUT2D eigenvalue weighted by atomic mass is 9.82. The summed E-state index contributed by atoms with van der Waals surface area (Å²) in [5.74, 6) is 0. The normalized spacial score (nSPS) is 30.8. The van der Waals surface area contributed by atoms with Crippen molar-refractivity contribution in [2.24, 2.45) is 0 Å². The van der Waals surface area contributed by atoms with Crippen molar-refractivity contribution in [3.8, 4) is 0 Å². The number of piperazine rings is 1. The lowest BCUT2D eigenvalue weighted by Gasteiger charge is -2.52. The van der Waals surface area contributed by atoms with Crippen LogP contribution in [0.2, 0.25) is 0 Å². The Balaban J connectivity index is 1.85. The maximum absolute atomic E-state index is 3.87. The van der Waals surface area contributed by atoms with Crippen LogP contribution in [0, 0.1) is 0 Å². The SMILES string of the molecule is CCN1CC(C)(c2ccccc2)NCC12CCCC2. The molecule has 2 heteroatoms. The van der Waals surface area contributed by atoms with Crippen LogP contribution in [0.25, 0.3) is 0 Å². The van der Waals surface area contributed by atoms with Gasteiger partial charge in [0.15, 0.2) is 0 Å². The first-order chi connectivity index (χ1) is 9.19. The fraction of sp³-hybridized carbons (Fsp3) is 0.647. The average Bonchev–Trinajstić information content (AvgIpc) is 2.93. The van der Waals surface area contributed by atoms with Crippen molar-refractivity contribution in [3.05, 3.63) is 35.9 Å². The summed E-state index contributed by atoms with van der Waals surface area (Å²) in [5.41, 5.74) is 1.97. The van der Waals surface area contributed by atoms with Gasteiger partial charge < -0.3 is 5.32 Å². The molecule has 104 valence electrons. The van der Waals surface area contributed by atoms with Crippen molar-refractivity contribution in [2.45, 2.75) is 50.6 Å². The van der Waals surface area contributed by atoms with Gasteiger partial charge in [-0.05, 0) is 31.9 Å². The maximum Gasteiger partial charge on any atom is 0.0535 e. The Kier molecular flexibility index (Phi) is 3.40. The second-order valence-corrected chi connectivity index (χ2v) is 6.50. The van der Waals surface area contributed by atoms with E-state index < -0.39 is 0 Å². The van der Waals surface area contributed by atoms with Gasteiger partial charge in [-0.1, -0.05) is 50.1 Å². The first kappa shape index (κ1) is 13.1. The van der Waals surface area contributed by atoms with E-state index in [1.54, 1.807) is 0 Å². The molecule has 0 aromatic heterocycles. The third-order valence-electron chi connectivity index (χ3n) is 5.31. The third-order valence-corrected chi connectivity index (χ3v) is 5.31. The third kappa shape index (κ3) is 2.21. The summed E-state index contributed by atoms with van der Waals surface area (Å²) in [6, 6.07) is 10.9. The molecule has 1 N–H and O–H groups in total. The first-order valence-electron chi connectivity index (χ1n) is 7.74. The Hall–Kier alpha value is -0.860. The molecule has 1 unspecified atom stereocenters. The molecule has 0 radical (unpaired) electrons. The zero-order valence-electron chi connectivity index (χ0n) is 12.3. The fourth-order valence-electron chi connectivity index (χ4n) is 4.05. The van der Waals surface area contributed by atoms with Crippen LogP contribution in [0.15, 0.2) is 30.3 Å². The standard InChI is InChI=1S/C17H26N2/c1-3-19-14-16(2,15-9-5-4-6-10-15)18-13-17(19)11-7-8-12-17/h4-6,9-10,18H,3,7-8,11-14H2,1-2H3. The molecule has 1 aromatic carbocycles. The van der Waals surface area contributed by atoms with Crippen LogP contribution in [0.3, 0.4) is 0 Å². The summed E-state index contributed by atoms with van der Waals surface area (Å²) >= 11 is 0. The molecule has 19 heavy (non-hydrogen) atoms. The molecule has 1 saturated carbocycles. The monoisotopic (exact) mass is 258 g/mol. The maximum atomic E-state index is 3.87. The Labute approximate surface area is 117 Å². The van der Waals surface area contributed by atoms with Gasteiger partial charge in [0.05, 0.1) is 5.54 Å². The van der Waals surface area contributed by atoms with E-state index in [0.717, 1.165) is 13.1 Å². The highest BCUT2D eigenvalue weighted by atomic mass is 15.3. The number of rotatable bonds is 2. The molecule has 3 rings (SSSR count).